The Balaban J connectivity index is 1.85. The minimum atomic E-state index is -1.07. The zero-order valence-corrected chi connectivity index (χ0v) is 19.5. The second-order valence-corrected chi connectivity index (χ2v) is 7.97. The molecule has 0 aromatic heterocycles. The molecular formula is C28H31NO5. The van der Waals surface area contributed by atoms with Gasteiger partial charge in [-0.1, -0.05) is 87.6 Å². The monoisotopic (exact) mass is 461 g/mol. The molecule has 0 unspecified atom stereocenters. The Hall–Kier alpha value is -3.80. The highest BCUT2D eigenvalue weighted by atomic mass is 16.4. The van der Waals surface area contributed by atoms with Gasteiger partial charge >= 0.3 is 5.97 Å². The standard InChI is InChI=1S/C28H31NO5/c1-2-3-4-5-6-7-20-29-25(30)18-12-21-8-14-23(15-9-21)27(33)28(34)24-16-10-22(11-17-24)13-19-26(31)32/h8-19H,2-7,20H2,1H3,(H,29,30)(H,31,32). The van der Waals surface area contributed by atoms with Crippen molar-refractivity contribution in [2.24, 2.45) is 0 Å². The number of rotatable bonds is 14. The van der Waals surface area contributed by atoms with Gasteiger partial charge in [-0.15, -0.1) is 0 Å². The molecule has 6 nitrogen and oxygen atoms in total. The van der Waals surface area contributed by atoms with Crippen LogP contribution in [0.5, 0.6) is 0 Å². The number of amides is 1. The number of carboxylic acids is 1. The lowest BCUT2D eigenvalue weighted by Crippen LogP contribution is -2.21. The smallest absolute Gasteiger partial charge is 0.328 e. The maximum Gasteiger partial charge on any atom is 0.328 e. The lowest BCUT2D eigenvalue weighted by molar-refractivity contribution is -0.131. The summed E-state index contributed by atoms with van der Waals surface area (Å²) in [6, 6.07) is 12.6. The molecule has 0 fully saturated rings. The van der Waals surface area contributed by atoms with Crippen LogP contribution in [0.15, 0.2) is 60.7 Å². The molecule has 178 valence electrons. The third-order valence-electron chi connectivity index (χ3n) is 5.23. The van der Waals surface area contributed by atoms with Crippen molar-refractivity contribution in [3.8, 4) is 0 Å². The number of ketones is 2. The van der Waals surface area contributed by atoms with E-state index in [2.05, 4.69) is 12.2 Å². The Kier molecular flexibility index (Phi) is 11.2. The minimum Gasteiger partial charge on any atom is -0.478 e. The molecule has 34 heavy (non-hydrogen) atoms. The van der Waals surface area contributed by atoms with Gasteiger partial charge in [0.15, 0.2) is 0 Å². The van der Waals surface area contributed by atoms with Crippen LogP contribution >= 0.6 is 0 Å². The Morgan fingerprint density at radius 1 is 0.706 bits per heavy atom. The first kappa shape index (κ1) is 26.5. The molecule has 0 bridgehead atoms. The molecule has 0 aliphatic heterocycles. The number of carbonyl (C=O) groups excluding carboxylic acids is 3. The average molecular weight is 462 g/mol. The van der Waals surface area contributed by atoms with Gasteiger partial charge < -0.3 is 10.4 Å². The van der Waals surface area contributed by atoms with Crippen LogP contribution in [0.2, 0.25) is 0 Å². The molecule has 0 spiro atoms. The van der Waals surface area contributed by atoms with Crippen molar-refractivity contribution < 1.29 is 24.3 Å². The van der Waals surface area contributed by atoms with Gasteiger partial charge in [-0.3, -0.25) is 14.4 Å². The summed E-state index contributed by atoms with van der Waals surface area (Å²) in [5.41, 5.74) is 1.83. The van der Waals surface area contributed by atoms with Gasteiger partial charge in [0.05, 0.1) is 0 Å². The van der Waals surface area contributed by atoms with Gasteiger partial charge in [-0.25, -0.2) is 4.79 Å². The average Bonchev–Trinajstić information content (AvgIpc) is 2.85. The highest BCUT2D eigenvalue weighted by Gasteiger charge is 2.18. The predicted molar refractivity (Wildman–Crippen MR) is 134 cm³/mol. The number of Topliss-reactive ketones (excluding diaryl/α,β-unsaturated/α-hetero) is 2. The van der Waals surface area contributed by atoms with Crippen molar-refractivity contribution in [2.75, 3.05) is 6.54 Å². The molecule has 0 heterocycles. The maximum atomic E-state index is 12.5. The highest BCUT2D eigenvalue weighted by molar-refractivity contribution is 6.49. The van der Waals surface area contributed by atoms with Gasteiger partial charge in [-0.05, 0) is 29.7 Å². The Morgan fingerprint density at radius 2 is 1.18 bits per heavy atom. The summed E-state index contributed by atoms with van der Waals surface area (Å²) in [5.74, 6) is -2.51. The summed E-state index contributed by atoms with van der Waals surface area (Å²) in [6.07, 6.45) is 12.5. The van der Waals surface area contributed by atoms with Crippen LogP contribution in [0, 0.1) is 0 Å². The first-order chi connectivity index (χ1) is 16.4. The van der Waals surface area contributed by atoms with Gasteiger partial charge in [0.1, 0.15) is 0 Å². The largest absolute Gasteiger partial charge is 0.478 e. The van der Waals surface area contributed by atoms with Crippen LogP contribution in [0.3, 0.4) is 0 Å². The van der Waals surface area contributed by atoms with E-state index in [4.69, 9.17) is 5.11 Å². The van der Waals surface area contributed by atoms with Crippen molar-refractivity contribution in [2.45, 2.75) is 45.4 Å². The molecule has 0 atom stereocenters. The first-order valence-electron chi connectivity index (χ1n) is 11.6. The second-order valence-electron chi connectivity index (χ2n) is 7.97. The van der Waals surface area contributed by atoms with Crippen molar-refractivity contribution in [1.82, 2.24) is 5.32 Å². The van der Waals surface area contributed by atoms with E-state index in [-0.39, 0.29) is 17.0 Å². The molecule has 0 aliphatic carbocycles. The normalized spacial score (nSPS) is 11.1. The number of unbranched alkanes of at least 4 members (excludes halogenated alkanes) is 5. The summed E-state index contributed by atoms with van der Waals surface area (Å²) in [4.78, 5) is 47.5. The SMILES string of the molecule is CCCCCCCCNC(=O)C=Cc1ccc(C(=O)C(=O)c2ccc(C=CC(=O)O)cc2)cc1. The zero-order valence-electron chi connectivity index (χ0n) is 19.5. The lowest BCUT2D eigenvalue weighted by atomic mass is 9.99. The number of nitrogens with one attached hydrogen (secondary N) is 1. The number of aliphatic carboxylic acids is 1. The summed E-state index contributed by atoms with van der Waals surface area (Å²) >= 11 is 0. The number of benzene rings is 2. The molecule has 0 radical (unpaired) electrons. The molecule has 2 N–H and O–H groups in total. The van der Waals surface area contributed by atoms with E-state index in [1.54, 1.807) is 42.5 Å². The van der Waals surface area contributed by atoms with Crippen LogP contribution < -0.4 is 5.32 Å². The minimum absolute atomic E-state index is 0.162. The van der Waals surface area contributed by atoms with Crippen LogP contribution in [0.4, 0.5) is 0 Å². The molecular weight excluding hydrogens is 430 g/mol. The molecule has 2 rings (SSSR count). The fourth-order valence-corrected chi connectivity index (χ4v) is 3.27. The summed E-state index contributed by atoms with van der Waals surface area (Å²) in [6.45, 7) is 2.84. The van der Waals surface area contributed by atoms with E-state index >= 15 is 0 Å². The number of hydrogen-bond acceptors (Lipinski definition) is 4. The summed E-state index contributed by atoms with van der Waals surface area (Å²) in [5, 5.41) is 11.5. The van der Waals surface area contributed by atoms with Gasteiger partial charge in [0, 0.05) is 29.8 Å². The molecule has 0 saturated heterocycles. The summed E-state index contributed by atoms with van der Waals surface area (Å²) in [7, 11) is 0. The van der Waals surface area contributed by atoms with E-state index in [1.807, 2.05) is 0 Å². The maximum absolute atomic E-state index is 12.5. The van der Waals surface area contributed by atoms with E-state index < -0.39 is 17.5 Å². The second kappa shape index (κ2) is 14.4. The number of hydrogen-bond donors (Lipinski definition) is 2. The van der Waals surface area contributed by atoms with Crippen molar-refractivity contribution in [3.63, 3.8) is 0 Å². The first-order valence-corrected chi connectivity index (χ1v) is 11.6. The molecule has 2 aromatic rings. The van der Waals surface area contributed by atoms with E-state index in [0.29, 0.717) is 12.1 Å². The summed E-state index contributed by atoms with van der Waals surface area (Å²) < 4.78 is 0. The fourth-order valence-electron chi connectivity index (χ4n) is 3.27. The van der Waals surface area contributed by atoms with Crippen LogP contribution in [0.1, 0.15) is 77.3 Å². The van der Waals surface area contributed by atoms with E-state index in [9.17, 15) is 19.2 Å². The number of carbonyl (C=O) groups is 4. The quantitative estimate of drug-likeness (QED) is 0.171. The predicted octanol–water partition coefficient (Wildman–Crippen LogP) is 5.34. The third-order valence-corrected chi connectivity index (χ3v) is 5.23. The van der Waals surface area contributed by atoms with Gasteiger partial charge in [0.2, 0.25) is 17.5 Å². The third kappa shape index (κ3) is 9.36. The van der Waals surface area contributed by atoms with Gasteiger partial charge in [-0.2, -0.15) is 0 Å². The van der Waals surface area contributed by atoms with E-state index in [1.165, 1.54) is 50.0 Å². The molecule has 0 aliphatic rings. The fraction of sp³-hybridized carbons (Fsp3) is 0.286. The Bertz CT molecular complexity index is 1030. The molecule has 1 amide bonds. The number of carboxylic acid groups (broad SMARTS) is 1. The van der Waals surface area contributed by atoms with Gasteiger partial charge in [0.25, 0.3) is 0 Å². The van der Waals surface area contributed by atoms with Crippen LogP contribution in [-0.4, -0.2) is 35.1 Å². The lowest BCUT2D eigenvalue weighted by Gasteiger charge is -2.03. The molecule has 2 aromatic carbocycles. The van der Waals surface area contributed by atoms with Crippen LogP contribution in [-0.2, 0) is 9.59 Å². The van der Waals surface area contributed by atoms with Crippen LogP contribution in [0.25, 0.3) is 12.2 Å². The topological polar surface area (TPSA) is 101 Å². The molecule has 6 heteroatoms. The highest BCUT2D eigenvalue weighted by Crippen LogP contribution is 2.13. The van der Waals surface area contributed by atoms with E-state index in [0.717, 1.165) is 24.5 Å². The van der Waals surface area contributed by atoms with Crippen molar-refractivity contribution in [3.05, 3.63) is 82.9 Å². The van der Waals surface area contributed by atoms with Crippen molar-refractivity contribution >= 4 is 35.6 Å². The van der Waals surface area contributed by atoms with Crippen molar-refractivity contribution in [1.29, 1.82) is 0 Å². The Labute approximate surface area is 200 Å². The zero-order chi connectivity index (χ0) is 24.8. The Morgan fingerprint density at radius 3 is 1.68 bits per heavy atom. The molecule has 0 saturated carbocycles.